The van der Waals surface area contributed by atoms with Gasteiger partial charge in [-0.05, 0) is 6.07 Å². The largest absolute Gasteiger partial charge is 0.480 e. The number of carboxylic acid groups (broad SMARTS) is 1. The van der Waals surface area contributed by atoms with E-state index in [1.165, 1.54) is 17.8 Å². The Balaban J connectivity index is 2.34. The molecule has 0 fully saturated rings. The third kappa shape index (κ3) is 4.62. The summed E-state index contributed by atoms with van der Waals surface area (Å²) in [5, 5.41) is 11.0. The first-order chi connectivity index (χ1) is 8.65. The number of carboxylic acids is 1. The van der Waals surface area contributed by atoms with Crippen LogP contribution in [0.5, 0.6) is 0 Å². The molecular formula is C11H14N2O4S. The highest BCUT2D eigenvalue weighted by Crippen LogP contribution is 2.03. The quantitative estimate of drug-likeness (QED) is 0.503. The van der Waals surface area contributed by atoms with Crippen molar-refractivity contribution in [1.29, 1.82) is 0 Å². The summed E-state index contributed by atoms with van der Waals surface area (Å²) in [5.41, 5.74) is -0.0844. The molecule has 1 unspecified atom stereocenters. The maximum absolute atomic E-state index is 11.4. The van der Waals surface area contributed by atoms with Gasteiger partial charge >= 0.3 is 5.97 Å². The van der Waals surface area contributed by atoms with E-state index in [2.05, 4.69) is 5.32 Å². The molecule has 0 aliphatic rings. The minimum Gasteiger partial charge on any atom is -0.480 e. The van der Waals surface area contributed by atoms with Gasteiger partial charge in [-0.2, -0.15) is 11.8 Å². The third-order valence-corrected chi connectivity index (χ3v) is 3.27. The summed E-state index contributed by atoms with van der Waals surface area (Å²) in [6, 6.07) is 4.01. The highest BCUT2D eigenvalue weighted by Gasteiger charge is 2.15. The molecule has 0 aliphatic heterocycles. The van der Waals surface area contributed by atoms with Crippen LogP contribution < -0.4 is 10.9 Å². The molecule has 1 rings (SSSR count). The number of aliphatic carboxylic acids is 1. The van der Waals surface area contributed by atoms with Gasteiger partial charge < -0.3 is 15.0 Å². The van der Waals surface area contributed by atoms with E-state index in [0.29, 0.717) is 18.7 Å². The van der Waals surface area contributed by atoms with Gasteiger partial charge in [0, 0.05) is 30.3 Å². The summed E-state index contributed by atoms with van der Waals surface area (Å²) < 4.78 is 1.55. The summed E-state index contributed by atoms with van der Waals surface area (Å²) in [5.74, 6) is -0.185. The van der Waals surface area contributed by atoms with Gasteiger partial charge in [0.1, 0.15) is 6.04 Å². The Kier molecular flexibility index (Phi) is 5.99. The van der Waals surface area contributed by atoms with Crippen LogP contribution in [0.1, 0.15) is 0 Å². The van der Waals surface area contributed by atoms with Gasteiger partial charge in [-0.1, -0.05) is 6.07 Å². The van der Waals surface area contributed by atoms with Crippen molar-refractivity contribution in [1.82, 2.24) is 9.88 Å². The number of hydrogen-bond acceptors (Lipinski definition) is 4. The molecule has 1 aromatic rings. The fourth-order valence-corrected chi connectivity index (χ4v) is 2.25. The van der Waals surface area contributed by atoms with Crippen LogP contribution in [-0.4, -0.2) is 39.6 Å². The fraction of sp³-hybridized carbons (Fsp3) is 0.364. The number of amides is 1. The van der Waals surface area contributed by atoms with Crippen LogP contribution >= 0.6 is 11.8 Å². The lowest BCUT2D eigenvalue weighted by atomic mass is 10.3. The number of rotatable bonds is 8. The minimum atomic E-state index is -1.06. The second-order valence-electron chi connectivity index (χ2n) is 3.48. The van der Waals surface area contributed by atoms with Crippen LogP contribution in [0.15, 0.2) is 29.2 Å². The third-order valence-electron chi connectivity index (χ3n) is 2.23. The molecule has 1 aromatic heterocycles. The molecule has 18 heavy (non-hydrogen) atoms. The van der Waals surface area contributed by atoms with Crippen LogP contribution in [0.3, 0.4) is 0 Å². The van der Waals surface area contributed by atoms with Crippen LogP contribution in [-0.2, 0) is 16.1 Å². The molecule has 0 bridgehead atoms. The zero-order chi connectivity index (χ0) is 13.4. The summed E-state index contributed by atoms with van der Waals surface area (Å²) in [4.78, 5) is 32.3. The van der Waals surface area contributed by atoms with Crippen LogP contribution in [0.4, 0.5) is 0 Å². The topological polar surface area (TPSA) is 88.4 Å². The first kappa shape index (κ1) is 14.3. The zero-order valence-corrected chi connectivity index (χ0v) is 10.4. The van der Waals surface area contributed by atoms with Crippen molar-refractivity contribution in [3.63, 3.8) is 0 Å². The van der Waals surface area contributed by atoms with Gasteiger partial charge in [0.2, 0.25) is 6.41 Å². The van der Waals surface area contributed by atoms with Crippen molar-refractivity contribution < 1.29 is 14.7 Å². The molecule has 6 nitrogen and oxygen atoms in total. The van der Waals surface area contributed by atoms with E-state index in [9.17, 15) is 14.4 Å². The smallest absolute Gasteiger partial charge is 0.327 e. The molecule has 7 heteroatoms. The van der Waals surface area contributed by atoms with Gasteiger partial charge in [0.15, 0.2) is 0 Å². The summed E-state index contributed by atoms with van der Waals surface area (Å²) in [6.45, 7) is 0.512. The highest BCUT2D eigenvalue weighted by atomic mass is 32.2. The van der Waals surface area contributed by atoms with Gasteiger partial charge in [0.25, 0.3) is 5.56 Å². The van der Waals surface area contributed by atoms with Gasteiger partial charge in [0.05, 0.1) is 0 Å². The first-order valence-electron chi connectivity index (χ1n) is 5.31. The predicted molar refractivity (Wildman–Crippen MR) is 68.7 cm³/mol. The second kappa shape index (κ2) is 7.54. The molecular weight excluding hydrogens is 256 g/mol. The summed E-state index contributed by atoms with van der Waals surface area (Å²) in [7, 11) is 0. The van der Waals surface area contributed by atoms with Crippen molar-refractivity contribution in [2.24, 2.45) is 0 Å². The number of pyridine rings is 1. The molecule has 0 spiro atoms. The molecule has 0 saturated heterocycles. The van der Waals surface area contributed by atoms with Crippen molar-refractivity contribution in [2.75, 3.05) is 11.5 Å². The standard InChI is InChI=1S/C11H14N2O4S/c14-8-12-9(11(16)17)7-18-6-5-13-4-2-1-3-10(13)15/h1-4,8-9H,5-7H2,(H,12,14)(H,16,17). The van der Waals surface area contributed by atoms with Crippen molar-refractivity contribution in [2.45, 2.75) is 12.6 Å². The number of aryl methyl sites for hydroxylation is 1. The van der Waals surface area contributed by atoms with E-state index >= 15 is 0 Å². The number of aromatic nitrogens is 1. The maximum Gasteiger partial charge on any atom is 0.327 e. The number of carbonyl (C=O) groups excluding carboxylic acids is 1. The second-order valence-corrected chi connectivity index (χ2v) is 4.63. The van der Waals surface area contributed by atoms with Crippen LogP contribution in [0, 0.1) is 0 Å². The SMILES string of the molecule is O=CNC(CSCCn1ccccc1=O)C(=O)O. The number of nitrogens with one attached hydrogen (secondary N) is 1. The van der Waals surface area contributed by atoms with E-state index in [4.69, 9.17) is 5.11 Å². The van der Waals surface area contributed by atoms with Gasteiger partial charge in [-0.25, -0.2) is 4.79 Å². The lowest BCUT2D eigenvalue weighted by Gasteiger charge is -2.10. The van der Waals surface area contributed by atoms with E-state index in [0.717, 1.165) is 0 Å². The Labute approximate surface area is 108 Å². The number of carbonyl (C=O) groups is 2. The van der Waals surface area contributed by atoms with E-state index in [-0.39, 0.29) is 11.3 Å². The molecule has 1 amide bonds. The van der Waals surface area contributed by atoms with Crippen LogP contribution in [0.25, 0.3) is 0 Å². The Morgan fingerprint density at radius 1 is 1.56 bits per heavy atom. The predicted octanol–water partition coefficient (Wildman–Crippen LogP) is -0.219. The number of thioether (sulfide) groups is 1. The van der Waals surface area contributed by atoms with Crippen molar-refractivity contribution in [3.05, 3.63) is 34.7 Å². The molecule has 1 atom stereocenters. The van der Waals surface area contributed by atoms with E-state index < -0.39 is 12.0 Å². The number of hydrogen-bond donors (Lipinski definition) is 2. The first-order valence-corrected chi connectivity index (χ1v) is 6.46. The maximum atomic E-state index is 11.4. The Morgan fingerprint density at radius 2 is 2.33 bits per heavy atom. The zero-order valence-electron chi connectivity index (χ0n) is 9.61. The van der Waals surface area contributed by atoms with Gasteiger partial charge in [-0.3, -0.25) is 9.59 Å². The van der Waals surface area contributed by atoms with E-state index in [1.807, 2.05) is 0 Å². The number of nitrogens with zero attached hydrogens (tertiary/aromatic N) is 1. The van der Waals surface area contributed by atoms with E-state index in [1.54, 1.807) is 22.9 Å². The molecule has 0 aliphatic carbocycles. The Morgan fingerprint density at radius 3 is 2.94 bits per heavy atom. The highest BCUT2D eigenvalue weighted by molar-refractivity contribution is 7.99. The lowest BCUT2D eigenvalue weighted by Crippen LogP contribution is -2.38. The lowest BCUT2D eigenvalue weighted by molar-refractivity contribution is -0.139. The molecule has 2 N–H and O–H groups in total. The molecule has 98 valence electrons. The normalized spacial score (nSPS) is 11.8. The average Bonchev–Trinajstić information content (AvgIpc) is 2.35. The van der Waals surface area contributed by atoms with Gasteiger partial charge in [-0.15, -0.1) is 0 Å². The van der Waals surface area contributed by atoms with Crippen molar-refractivity contribution in [3.8, 4) is 0 Å². The average molecular weight is 270 g/mol. The molecule has 0 aromatic carbocycles. The van der Waals surface area contributed by atoms with Crippen molar-refractivity contribution >= 4 is 24.1 Å². The molecule has 1 heterocycles. The van der Waals surface area contributed by atoms with Crippen LogP contribution in [0.2, 0.25) is 0 Å². The Hall–Kier alpha value is -1.76. The minimum absolute atomic E-state index is 0.0844. The monoisotopic (exact) mass is 270 g/mol. The fourth-order valence-electron chi connectivity index (χ4n) is 1.28. The molecule has 0 radical (unpaired) electrons. The summed E-state index contributed by atoms with van der Waals surface area (Å²) >= 11 is 1.37. The Bertz CT molecular complexity index is 460. The molecule has 0 saturated carbocycles. The summed E-state index contributed by atoms with van der Waals surface area (Å²) in [6.07, 6.45) is 2.06.